The molecule has 1 rings (SSSR count). The van der Waals surface area contributed by atoms with Crippen molar-refractivity contribution in [2.75, 3.05) is 11.9 Å². The first-order valence-corrected chi connectivity index (χ1v) is 5.45. The van der Waals surface area contributed by atoms with Crippen LogP contribution in [0, 0.1) is 5.92 Å². The van der Waals surface area contributed by atoms with Gasteiger partial charge in [0.25, 0.3) is 0 Å². The monoisotopic (exact) mass is 236 g/mol. The maximum Gasteiger partial charge on any atom is 0.488 e. The van der Waals surface area contributed by atoms with Gasteiger partial charge in [0.05, 0.1) is 0 Å². The van der Waals surface area contributed by atoms with E-state index in [0.717, 1.165) is 6.54 Å². The van der Waals surface area contributed by atoms with Crippen LogP contribution in [0.25, 0.3) is 0 Å². The highest BCUT2D eigenvalue weighted by Gasteiger charge is 2.14. The summed E-state index contributed by atoms with van der Waals surface area (Å²) < 4.78 is 0. The number of benzene rings is 1. The molecule has 0 bridgehead atoms. The summed E-state index contributed by atoms with van der Waals surface area (Å²) in [5.74, 6) is -0.158. The zero-order chi connectivity index (χ0) is 13.0. The Morgan fingerprint density at radius 2 is 2.06 bits per heavy atom. The number of anilines is 1. The van der Waals surface area contributed by atoms with E-state index in [1.54, 1.807) is 12.1 Å². The number of carbonyl (C=O) groups excluding carboxylic acids is 1. The average Bonchev–Trinajstić information content (AvgIpc) is 2.25. The van der Waals surface area contributed by atoms with Gasteiger partial charge in [-0.05, 0) is 29.6 Å². The highest BCUT2D eigenvalue weighted by molar-refractivity contribution is 6.58. The number of rotatable bonds is 5. The average molecular weight is 236 g/mol. The second-order valence-corrected chi connectivity index (χ2v) is 4.36. The molecule has 5 N–H and O–H groups in total. The van der Waals surface area contributed by atoms with Crippen LogP contribution in [0.2, 0.25) is 0 Å². The van der Waals surface area contributed by atoms with Gasteiger partial charge in [0.15, 0.2) is 0 Å². The van der Waals surface area contributed by atoms with Crippen molar-refractivity contribution in [1.29, 1.82) is 0 Å². The molecule has 0 aliphatic carbocycles. The molecule has 1 aromatic rings. The molecule has 0 saturated heterocycles. The highest BCUT2D eigenvalue weighted by Crippen LogP contribution is 2.10. The molecular weight excluding hydrogens is 219 g/mol. The van der Waals surface area contributed by atoms with Crippen molar-refractivity contribution < 1.29 is 14.8 Å². The molecule has 0 aliphatic rings. The maximum atomic E-state index is 11.1. The summed E-state index contributed by atoms with van der Waals surface area (Å²) >= 11 is 0. The summed E-state index contributed by atoms with van der Waals surface area (Å²) in [5.41, 5.74) is 6.32. The lowest BCUT2D eigenvalue weighted by atomic mass is 9.79. The fourth-order valence-corrected chi connectivity index (χ4v) is 1.37. The fourth-order valence-electron chi connectivity index (χ4n) is 1.37. The number of nitrogens with one attached hydrogen (secondary N) is 1. The van der Waals surface area contributed by atoms with Gasteiger partial charge in [-0.15, -0.1) is 0 Å². The molecule has 17 heavy (non-hydrogen) atoms. The van der Waals surface area contributed by atoms with E-state index >= 15 is 0 Å². The molecule has 0 unspecified atom stereocenters. The largest absolute Gasteiger partial charge is 0.488 e. The Hall–Kier alpha value is -1.53. The Balaban J connectivity index is 2.99. The summed E-state index contributed by atoms with van der Waals surface area (Å²) in [6, 6.07) is 4.55. The molecule has 0 saturated carbocycles. The lowest BCUT2D eigenvalue weighted by molar-refractivity contribution is 0.100. The first-order chi connectivity index (χ1) is 7.90. The minimum Gasteiger partial charge on any atom is -0.423 e. The molecule has 0 radical (unpaired) electrons. The summed E-state index contributed by atoms with van der Waals surface area (Å²) in [6.07, 6.45) is 0. The molecule has 92 valence electrons. The molecule has 0 heterocycles. The van der Waals surface area contributed by atoms with Gasteiger partial charge >= 0.3 is 7.12 Å². The Labute approximate surface area is 101 Å². The highest BCUT2D eigenvalue weighted by atomic mass is 16.4. The van der Waals surface area contributed by atoms with E-state index in [4.69, 9.17) is 15.8 Å². The number of hydrogen-bond donors (Lipinski definition) is 4. The quantitative estimate of drug-likeness (QED) is 0.520. The van der Waals surface area contributed by atoms with Crippen LogP contribution in [0.3, 0.4) is 0 Å². The fraction of sp³-hybridized carbons (Fsp3) is 0.364. The van der Waals surface area contributed by atoms with Gasteiger partial charge in [-0.25, -0.2) is 0 Å². The first-order valence-electron chi connectivity index (χ1n) is 5.45. The van der Waals surface area contributed by atoms with Crippen molar-refractivity contribution in [3.05, 3.63) is 23.8 Å². The van der Waals surface area contributed by atoms with E-state index in [0.29, 0.717) is 11.6 Å². The van der Waals surface area contributed by atoms with Crippen LogP contribution in [0.15, 0.2) is 18.2 Å². The van der Waals surface area contributed by atoms with Gasteiger partial charge < -0.3 is 21.1 Å². The maximum absolute atomic E-state index is 11.1. The zero-order valence-electron chi connectivity index (χ0n) is 9.97. The normalized spacial score (nSPS) is 10.4. The predicted octanol–water partition coefficient (Wildman–Crippen LogP) is -0.467. The molecule has 0 aromatic heterocycles. The van der Waals surface area contributed by atoms with Crippen LogP contribution in [-0.2, 0) is 0 Å². The second kappa shape index (κ2) is 5.70. The molecule has 1 aromatic carbocycles. The topological polar surface area (TPSA) is 95.6 Å². The molecule has 6 heteroatoms. The van der Waals surface area contributed by atoms with E-state index < -0.39 is 13.0 Å². The standard InChI is InChI=1S/C11H17BN2O3/c1-7(2)6-14-10-4-8(11(13)15)3-9(5-10)12(16)17/h3-5,7,14,16-17H,6H2,1-2H3,(H2,13,15). The molecule has 0 atom stereocenters. The van der Waals surface area contributed by atoms with Gasteiger partial charge in [0.1, 0.15) is 0 Å². The lowest BCUT2D eigenvalue weighted by Crippen LogP contribution is -2.31. The van der Waals surface area contributed by atoms with E-state index in [-0.39, 0.29) is 11.0 Å². The SMILES string of the molecule is CC(C)CNc1cc(B(O)O)cc(C(N)=O)c1. The summed E-state index contributed by atoms with van der Waals surface area (Å²) in [7, 11) is -1.62. The minimum absolute atomic E-state index is 0.243. The van der Waals surface area contributed by atoms with Crippen molar-refractivity contribution in [3.63, 3.8) is 0 Å². The van der Waals surface area contributed by atoms with Gasteiger partial charge in [-0.3, -0.25) is 4.79 Å². The van der Waals surface area contributed by atoms with Crippen LogP contribution < -0.4 is 16.5 Å². The van der Waals surface area contributed by atoms with Gasteiger partial charge in [0.2, 0.25) is 5.91 Å². The molecule has 0 spiro atoms. The third-order valence-corrected chi connectivity index (χ3v) is 2.25. The molecule has 0 aliphatic heterocycles. The summed E-state index contributed by atoms with van der Waals surface area (Å²) in [5, 5.41) is 21.3. The molecular formula is C11H17BN2O3. The molecule has 0 fully saturated rings. The van der Waals surface area contributed by atoms with Gasteiger partial charge in [-0.2, -0.15) is 0 Å². The van der Waals surface area contributed by atoms with Crippen molar-refractivity contribution in [2.45, 2.75) is 13.8 Å². The van der Waals surface area contributed by atoms with Crippen molar-refractivity contribution >= 4 is 24.2 Å². The lowest BCUT2D eigenvalue weighted by Gasteiger charge is -2.11. The van der Waals surface area contributed by atoms with Crippen LogP contribution >= 0.6 is 0 Å². The predicted molar refractivity (Wildman–Crippen MR) is 68.1 cm³/mol. The first kappa shape index (κ1) is 13.5. The van der Waals surface area contributed by atoms with Crippen LogP contribution in [0.4, 0.5) is 5.69 Å². The summed E-state index contributed by atoms with van der Waals surface area (Å²) in [6.45, 7) is 4.82. The smallest absolute Gasteiger partial charge is 0.423 e. The Kier molecular flexibility index (Phi) is 4.54. The van der Waals surface area contributed by atoms with E-state index in [9.17, 15) is 4.79 Å². The number of primary amides is 1. The van der Waals surface area contributed by atoms with Gasteiger partial charge in [0, 0.05) is 17.8 Å². The Bertz CT molecular complexity index is 408. The minimum atomic E-state index is -1.62. The summed E-state index contributed by atoms with van der Waals surface area (Å²) in [4.78, 5) is 11.1. The van der Waals surface area contributed by atoms with Crippen molar-refractivity contribution in [2.24, 2.45) is 11.7 Å². The Morgan fingerprint density at radius 3 is 2.53 bits per heavy atom. The third-order valence-electron chi connectivity index (χ3n) is 2.25. The zero-order valence-corrected chi connectivity index (χ0v) is 9.97. The van der Waals surface area contributed by atoms with Crippen LogP contribution in [-0.4, -0.2) is 29.6 Å². The second-order valence-electron chi connectivity index (χ2n) is 4.36. The van der Waals surface area contributed by atoms with Crippen molar-refractivity contribution in [3.8, 4) is 0 Å². The van der Waals surface area contributed by atoms with Crippen LogP contribution in [0.1, 0.15) is 24.2 Å². The van der Waals surface area contributed by atoms with Gasteiger partial charge in [-0.1, -0.05) is 13.8 Å². The van der Waals surface area contributed by atoms with E-state index in [2.05, 4.69) is 5.32 Å². The third kappa shape index (κ3) is 4.09. The van der Waals surface area contributed by atoms with E-state index in [1.807, 2.05) is 13.8 Å². The van der Waals surface area contributed by atoms with Crippen LogP contribution in [0.5, 0.6) is 0 Å². The number of carbonyl (C=O) groups is 1. The van der Waals surface area contributed by atoms with Crippen molar-refractivity contribution in [1.82, 2.24) is 0 Å². The molecule has 5 nitrogen and oxygen atoms in total. The van der Waals surface area contributed by atoms with E-state index in [1.165, 1.54) is 6.07 Å². The number of nitrogens with two attached hydrogens (primary N) is 1. The number of amides is 1. The Morgan fingerprint density at radius 1 is 1.41 bits per heavy atom. The number of hydrogen-bond acceptors (Lipinski definition) is 4. The molecule has 1 amide bonds.